The standard InChI is InChI=1S/C12H17BrFNO2/c1-16-11-8(5-3-4-6-15)7-9(13)10(14)12(11)17-2/h7H,3-6,15H2,1-2H3. The first-order valence-corrected chi connectivity index (χ1v) is 6.23. The molecule has 0 bridgehead atoms. The first kappa shape index (κ1) is 14.3. The van der Waals surface area contributed by atoms with Gasteiger partial charge in [-0.15, -0.1) is 0 Å². The van der Waals surface area contributed by atoms with Crippen molar-refractivity contribution in [3.8, 4) is 11.5 Å². The number of hydrogen-bond donors (Lipinski definition) is 1. The molecule has 0 aromatic heterocycles. The molecule has 1 rings (SSSR count). The first-order chi connectivity index (χ1) is 8.15. The minimum absolute atomic E-state index is 0.143. The molecule has 2 N–H and O–H groups in total. The zero-order chi connectivity index (χ0) is 12.8. The van der Waals surface area contributed by atoms with Crippen molar-refractivity contribution in [3.63, 3.8) is 0 Å². The molecule has 0 saturated heterocycles. The zero-order valence-corrected chi connectivity index (χ0v) is 11.6. The van der Waals surface area contributed by atoms with E-state index in [0.29, 0.717) is 16.8 Å². The second kappa shape index (κ2) is 6.81. The summed E-state index contributed by atoms with van der Waals surface area (Å²) in [6.45, 7) is 0.655. The Hall–Kier alpha value is -0.810. The Morgan fingerprint density at radius 3 is 2.41 bits per heavy atom. The number of benzene rings is 1. The van der Waals surface area contributed by atoms with Crippen molar-refractivity contribution in [2.24, 2.45) is 5.73 Å². The number of unbranched alkanes of at least 4 members (excludes halogenated alkanes) is 1. The number of halogens is 2. The lowest BCUT2D eigenvalue weighted by Gasteiger charge is -2.14. The number of nitrogens with two attached hydrogens (primary N) is 1. The van der Waals surface area contributed by atoms with Crippen LogP contribution in [-0.4, -0.2) is 20.8 Å². The Balaban J connectivity index is 3.06. The van der Waals surface area contributed by atoms with Gasteiger partial charge in [-0.3, -0.25) is 0 Å². The van der Waals surface area contributed by atoms with E-state index in [9.17, 15) is 4.39 Å². The smallest absolute Gasteiger partial charge is 0.198 e. The Bertz CT molecular complexity index is 385. The van der Waals surface area contributed by atoms with Crippen LogP contribution in [0.5, 0.6) is 11.5 Å². The average Bonchev–Trinajstić information content (AvgIpc) is 2.33. The summed E-state index contributed by atoms with van der Waals surface area (Å²) in [4.78, 5) is 0. The molecule has 0 aliphatic rings. The van der Waals surface area contributed by atoms with Crippen LogP contribution >= 0.6 is 15.9 Å². The predicted molar refractivity (Wildman–Crippen MR) is 69.2 cm³/mol. The van der Waals surface area contributed by atoms with E-state index in [2.05, 4.69) is 15.9 Å². The molecular formula is C12H17BrFNO2. The Kier molecular flexibility index (Phi) is 5.71. The monoisotopic (exact) mass is 305 g/mol. The van der Waals surface area contributed by atoms with Gasteiger partial charge in [0.05, 0.1) is 18.7 Å². The van der Waals surface area contributed by atoms with E-state index >= 15 is 0 Å². The van der Waals surface area contributed by atoms with Gasteiger partial charge in [-0.2, -0.15) is 0 Å². The molecule has 3 nitrogen and oxygen atoms in total. The predicted octanol–water partition coefficient (Wildman–Crippen LogP) is 2.89. The molecule has 17 heavy (non-hydrogen) atoms. The highest BCUT2D eigenvalue weighted by molar-refractivity contribution is 9.10. The lowest BCUT2D eigenvalue weighted by atomic mass is 10.1. The maximum absolute atomic E-state index is 13.7. The molecule has 1 aromatic carbocycles. The lowest BCUT2D eigenvalue weighted by molar-refractivity contribution is 0.333. The van der Waals surface area contributed by atoms with Gasteiger partial charge in [0.15, 0.2) is 17.3 Å². The normalized spacial score (nSPS) is 10.4. The fraction of sp³-hybridized carbons (Fsp3) is 0.500. The molecule has 5 heteroatoms. The molecule has 0 fully saturated rings. The van der Waals surface area contributed by atoms with Crippen molar-refractivity contribution in [2.45, 2.75) is 19.3 Å². The van der Waals surface area contributed by atoms with Crippen LogP contribution in [0.3, 0.4) is 0 Å². The minimum atomic E-state index is -0.438. The van der Waals surface area contributed by atoms with E-state index in [0.717, 1.165) is 24.8 Å². The first-order valence-electron chi connectivity index (χ1n) is 5.44. The molecule has 0 aliphatic heterocycles. The third-order valence-corrected chi connectivity index (χ3v) is 3.09. The average molecular weight is 306 g/mol. The molecule has 0 spiro atoms. The lowest BCUT2D eigenvalue weighted by Crippen LogP contribution is -2.02. The van der Waals surface area contributed by atoms with Crippen LogP contribution < -0.4 is 15.2 Å². The number of ether oxygens (including phenoxy) is 2. The van der Waals surface area contributed by atoms with Crippen LogP contribution in [0.25, 0.3) is 0 Å². The highest BCUT2D eigenvalue weighted by Gasteiger charge is 2.18. The SMILES string of the molecule is COc1c(CCCCN)cc(Br)c(F)c1OC. The molecule has 0 unspecified atom stereocenters. The molecule has 0 aliphatic carbocycles. The molecule has 0 amide bonds. The summed E-state index contributed by atoms with van der Waals surface area (Å²) in [5, 5.41) is 0. The summed E-state index contributed by atoms with van der Waals surface area (Å²) in [5.41, 5.74) is 6.37. The zero-order valence-electron chi connectivity index (χ0n) is 10.1. The van der Waals surface area contributed by atoms with Gasteiger partial charge in [0, 0.05) is 0 Å². The summed E-state index contributed by atoms with van der Waals surface area (Å²) in [6, 6.07) is 1.73. The molecule has 96 valence electrons. The minimum Gasteiger partial charge on any atom is -0.492 e. The second-order valence-corrected chi connectivity index (χ2v) is 4.50. The van der Waals surface area contributed by atoms with Gasteiger partial charge in [0.1, 0.15) is 0 Å². The van der Waals surface area contributed by atoms with Gasteiger partial charge >= 0.3 is 0 Å². The summed E-state index contributed by atoms with van der Waals surface area (Å²) in [6.07, 6.45) is 2.66. The van der Waals surface area contributed by atoms with Crippen LogP contribution in [0.1, 0.15) is 18.4 Å². The van der Waals surface area contributed by atoms with E-state index in [1.54, 1.807) is 6.07 Å². The van der Waals surface area contributed by atoms with Crippen LogP contribution in [0, 0.1) is 5.82 Å². The van der Waals surface area contributed by atoms with Crippen LogP contribution in [-0.2, 0) is 6.42 Å². The largest absolute Gasteiger partial charge is 0.492 e. The third-order valence-electron chi connectivity index (χ3n) is 2.52. The topological polar surface area (TPSA) is 44.5 Å². The Labute approximate surface area is 109 Å². The summed E-state index contributed by atoms with van der Waals surface area (Å²) in [7, 11) is 2.94. The highest BCUT2D eigenvalue weighted by atomic mass is 79.9. The Morgan fingerprint density at radius 2 is 1.88 bits per heavy atom. The Morgan fingerprint density at radius 1 is 1.24 bits per heavy atom. The van der Waals surface area contributed by atoms with Crippen molar-refractivity contribution < 1.29 is 13.9 Å². The van der Waals surface area contributed by atoms with Crippen molar-refractivity contribution in [3.05, 3.63) is 21.9 Å². The van der Waals surface area contributed by atoms with E-state index < -0.39 is 5.82 Å². The summed E-state index contributed by atoms with van der Waals surface area (Å²) >= 11 is 3.17. The molecular weight excluding hydrogens is 289 g/mol. The van der Waals surface area contributed by atoms with Gasteiger partial charge in [0.25, 0.3) is 0 Å². The fourth-order valence-corrected chi connectivity index (χ4v) is 2.14. The third kappa shape index (κ3) is 3.33. The van der Waals surface area contributed by atoms with Crippen LogP contribution in [0.15, 0.2) is 10.5 Å². The van der Waals surface area contributed by atoms with Gasteiger partial charge in [-0.1, -0.05) is 0 Å². The fourth-order valence-electron chi connectivity index (χ4n) is 1.69. The van der Waals surface area contributed by atoms with Crippen molar-refractivity contribution in [1.29, 1.82) is 0 Å². The maximum atomic E-state index is 13.7. The number of hydrogen-bond acceptors (Lipinski definition) is 3. The van der Waals surface area contributed by atoms with Gasteiger partial charge < -0.3 is 15.2 Å². The maximum Gasteiger partial charge on any atom is 0.198 e. The van der Waals surface area contributed by atoms with Crippen LogP contribution in [0.2, 0.25) is 0 Å². The molecule has 0 heterocycles. The molecule has 0 atom stereocenters. The highest BCUT2D eigenvalue weighted by Crippen LogP contribution is 2.38. The number of aryl methyl sites for hydroxylation is 1. The van der Waals surface area contributed by atoms with E-state index in [-0.39, 0.29) is 5.75 Å². The van der Waals surface area contributed by atoms with Crippen molar-refractivity contribution in [2.75, 3.05) is 20.8 Å². The summed E-state index contributed by atoms with van der Waals surface area (Å²) in [5.74, 6) is 0.168. The van der Waals surface area contributed by atoms with E-state index in [4.69, 9.17) is 15.2 Å². The van der Waals surface area contributed by atoms with Gasteiger partial charge in [0.2, 0.25) is 0 Å². The molecule has 0 saturated carbocycles. The number of methoxy groups -OCH3 is 2. The van der Waals surface area contributed by atoms with Gasteiger partial charge in [-0.25, -0.2) is 4.39 Å². The quantitative estimate of drug-likeness (QED) is 0.822. The van der Waals surface area contributed by atoms with Crippen molar-refractivity contribution in [1.82, 2.24) is 0 Å². The molecule has 0 radical (unpaired) electrons. The van der Waals surface area contributed by atoms with Crippen molar-refractivity contribution >= 4 is 15.9 Å². The molecule has 1 aromatic rings. The van der Waals surface area contributed by atoms with Crippen LogP contribution in [0.4, 0.5) is 4.39 Å². The second-order valence-electron chi connectivity index (χ2n) is 3.64. The van der Waals surface area contributed by atoms with E-state index in [1.165, 1.54) is 14.2 Å². The van der Waals surface area contributed by atoms with E-state index in [1.807, 2.05) is 0 Å². The summed E-state index contributed by atoms with van der Waals surface area (Å²) < 4.78 is 24.4. The van der Waals surface area contributed by atoms with Gasteiger partial charge in [-0.05, 0) is 53.4 Å². The number of rotatable bonds is 6.